The molecule has 0 aliphatic heterocycles. The summed E-state index contributed by atoms with van der Waals surface area (Å²) in [5.41, 5.74) is 1.39. The Kier molecular flexibility index (Phi) is 1.61. The summed E-state index contributed by atoms with van der Waals surface area (Å²) in [5, 5.41) is 0. The van der Waals surface area contributed by atoms with Gasteiger partial charge >= 0.3 is 0 Å². The van der Waals surface area contributed by atoms with Crippen LogP contribution in [0.5, 0.6) is 0 Å². The van der Waals surface area contributed by atoms with Crippen LogP contribution in [0.25, 0.3) is 0 Å². The third-order valence-corrected chi connectivity index (χ3v) is 2.41. The molecular weight excluding hydrogens is 220 g/mol. The molecule has 2 rings (SSSR count). The van der Waals surface area contributed by atoms with Crippen molar-refractivity contribution in [3.05, 3.63) is 33.8 Å². The van der Waals surface area contributed by atoms with Crippen molar-refractivity contribution in [3.63, 3.8) is 0 Å². The van der Waals surface area contributed by atoms with E-state index < -0.39 is 0 Å². The molecule has 1 aromatic rings. The smallest absolute Gasteiger partial charge is 0.229 e. The summed E-state index contributed by atoms with van der Waals surface area (Å²) in [6.45, 7) is 0. The molecule has 60 valence electrons. The number of fused-ring (bicyclic) bond motifs is 1. The van der Waals surface area contributed by atoms with Gasteiger partial charge in [0.2, 0.25) is 11.6 Å². The third kappa shape index (κ3) is 1.01. The number of carbonyl (C=O) groups is 2. The molecule has 2 nitrogen and oxygen atoms in total. The normalized spacial score (nSPS) is 15.1. The van der Waals surface area contributed by atoms with Gasteiger partial charge in [0, 0.05) is 16.5 Å². The number of carbonyl (C=O) groups excluding carboxylic acids is 2. The lowest BCUT2D eigenvalue weighted by molar-refractivity contribution is -0.114. The van der Waals surface area contributed by atoms with Gasteiger partial charge in [0.15, 0.2) is 0 Å². The van der Waals surface area contributed by atoms with Gasteiger partial charge in [-0.3, -0.25) is 9.59 Å². The second-order valence-corrected chi connectivity index (χ2v) is 3.65. The Labute approximate surface area is 77.7 Å². The quantitative estimate of drug-likeness (QED) is 0.630. The van der Waals surface area contributed by atoms with E-state index in [9.17, 15) is 9.59 Å². The van der Waals surface area contributed by atoms with E-state index in [0.717, 1.165) is 10.0 Å². The van der Waals surface area contributed by atoms with Crippen molar-refractivity contribution < 1.29 is 9.59 Å². The Bertz CT molecular complexity index is 382. The molecule has 12 heavy (non-hydrogen) atoms. The van der Waals surface area contributed by atoms with Crippen LogP contribution in [0.15, 0.2) is 22.7 Å². The summed E-state index contributed by atoms with van der Waals surface area (Å²) in [7, 11) is 0. The van der Waals surface area contributed by atoms with E-state index in [4.69, 9.17) is 0 Å². The number of rotatable bonds is 0. The van der Waals surface area contributed by atoms with E-state index in [0.29, 0.717) is 5.56 Å². The first-order valence-electron chi connectivity index (χ1n) is 3.54. The predicted octanol–water partition coefficient (Wildman–Crippen LogP) is 1.76. The highest BCUT2D eigenvalue weighted by Gasteiger charge is 2.27. The molecule has 0 saturated carbocycles. The predicted molar refractivity (Wildman–Crippen MR) is 47.2 cm³/mol. The molecule has 1 aliphatic rings. The van der Waals surface area contributed by atoms with Crippen molar-refractivity contribution in [3.8, 4) is 0 Å². The molecule has 3 heteroatoms. The summed E-state index contributed by atoms with van der Waals surface area (Å²) in [5.74, 6) is -0.658. The van der Waals surface area contributed by atoms with Gasteiger partial charge in [0.1, 0.15) is 0 Å². The van der Waals surface area contributed by atoms with Crippen molar-refractivity contribution in [2.75, 3.05) is 0 Å². The number of hydrogen-bond acceptors (Lipinski definition) is 2. The second kappa shape index (κ2) is 2.52. The Morgan fingerprint density at radius 1 is 1.25 bits per heavy atom. The van der Waals surface area contributed by atoms with E-state index >= 15 is 0 Å². The standard InChI is InChI=1S/C9H5BrO2/c10-6-2-1-5-3-8(11)9(12)7(5)4-6/h1-2,4H,3H2. The molecule has 0 N–H and O–H groups in total. The summed E-state index contributed by atoms with van der Waals surface area (Å²) in [6.07, 6.45) is 0.265. The lowest BCUT2D eigenvalue weighted by Gasteiger charge is -1.94. The molecule has 0 fully saturated rings. The first-order chi connectivity index (χ1) is 5.68. The largest absolute Gasteiger partial charge is 0.290 e. The Balaban J connectivity index is 2.63. The lowest BCUT2D eigenvalue weighted by atomic mass is 10.1. The maximum atomic E-state index is 11.2. The van der Waals surface area contributed by atoms with Gasteiger partial charge in [-0.2, -0.15) is 0 Å². The molecule has 0 unspecified atom stereocenters. The zero-order chi connectivity index (χ0) is 8.72. The van der Waals surface area contributed by atoms with Crippen LogP contribution in [0.4, 0.5) is 0 Å². The number of Topliss-reactive ketones (excluding diaryl/α,β-unsaturated/α-hetero) is 2. The van der Waals surface area contributed by atoms with Crippen LogP contribution in [0.2, 0.25) is 0 Å². The van der Waals surface area contributed by atoms with Gasteiger partial charge in [0.25, 0.3) is 0 Å². The van der Waals surface area contributed by atoms with E-state index in [-0.39, 0.29) is 18.0 Å². The molecule has 0 spiro atoms. The highest BCUT2D eigenvalue weighted by atomic mass is 79.9. The van der Waals surface area contributed by atoms with Gasteiger partial charge in [-0.1, -0.05) is 22.0 Å². The minimum atomic E-state index is -0.355. The molecule has 0 saturated heterocycles. The first kappa shape index (κ1) is 7.68. The van der Waals surface area contributed by atoms with Crippen molar-refractivity contribution in [1.82, 2.24) is 0 Å². The molecule has 0 atom stereocenters. The lowest BCUT2D eigenvalue weighted by Crippen LogP contribution is -2.05. The summed E-state index contributed by atoms with van der Waals surface area (Å²) in [4.78, 5) is 22.2. The maximum Gasteiger partial charge on any atom is 0.229 e. The summed E-state index contributed by atoms with van der Waals surface area (Å²) < 4.78 is 0.837. The summed E-state index contributed by atoms with van der Waals surface area (Å²) >= 11 is 3.25. The van der Waals surface area contributed by atoms with Gasteiger partial charge in [0.05, 0.1) is 0 Å². The van der Waals surface area contributed by atoms with E-state index in [1.165, 1.54) is 0 Å². The fourth-order valence-electron chi connectivity index (χ4n) is 1.32. The molecule has 0 heterocycles. The van der Waals surface area contributed by atoms with Gasteiger partial charge in [-0.25, -0.2) is 0 Å². The third-order valence-electron chi connectivity index (χ3n) is 1.92. The number of benzene rings is 1. The zero-order valence-electron chi connectivity index (χ0n) is 6.13. The van der Waals surface area contributed by atoms with Gasteiger partial charge < -0.3 is 0 Å². The SMILES string of the molecule is O=C1Cc2ccc(Br)cc2C1=O. The summed E-state index contributed by atoms with van der Waals surface area (Å²) in [6, 6.07) is 5.34. The fourth-order valence-corrected chi connectivity index (χ4v) is 1.68. The van der Waals surface area contributed by atoms with Crippen molar-refractivity contribution in [1.29, 1.82) is 0 Å². The minimum Gasteiger partial charge on any atom is -0.290 e. The average Bonchev–Trinajstić information content (AvgIpc) is 2.31. The number of hydrogen-bond donors (Lipinski definition) is 0. The molecule has 1 aromatic carbocycles. The molecule has 0 bridgehead atoms. The Hall–Kier alpha value is -0.960. The highest BCUT2D eigenvalue weighted by molar-refractivity contribution is 9.10. The maximum absolute atomic E-state index is 11.2. The first-order valence-corrected chi connectivity index (χ1v) is 4.34. The minimum absolute atomic E-state index is 0.265. The van der Waals surface area contributed by atoms with Crippen LogP contribution in [0.3, 0.4) is 0 Å². The van der Waals surface area contributed by atoms with E-state index in [1.54, 1.807) is 6.07 Å². The van der Waals surface area contributed by atoms with Crippen molar-refractivity contribution in [2.45, 2.75) is 6.42 Å². The van der Waals surface area contributed by atoms with Crippen LogP contribution >= 0.6 is 15.9 Å². The van der Waals surface area contributed by atoms with Crippen molar-refractivity contribution >= 4 is 27.5 Å². The van der Waals surface area contributed by atoms with Gasteiger partial charge in [-0.05, 0) is 17.7 Å². The molecule has 0 amide bonds. The van der Waals surface area contributed by atoms with E-state index in [2.05, 4.69) is 15.9 Å². The Morgan fingerprint density at radius 3 is 2.75 bits per heavy atom. The van der Waals surface area contributed by atoms with Crippen LogP contribution in [0.1, 0.15) is 15.9 Å². The van der Waals surface area contributed by atoms with Crippen LogP contribution < -0.4 is 0 Å². The average molecular weight is 225 g/mol. The van der Waals surface area contributed by atoms with E-state index in [1.807, 2.05) is 12.1 Å². The monoisotopic (exact) mass is 224 g/mol. The van der Waals surface area contributed by atoms with Gasteiger partial charge in [-0.15, -0.1) is 0 Å². The second-order valence-electron chi connectivity index (χ2n) is 2.73. The highest BCUT2D eigenvalue weighted by Crippen LogP contribution is 2.23. The molecule has 0 aromatic heterocycles. The fraction of sp³-hybridized carbons (Fsp3) is 0.111. The Morgan fingerprint density at radius 2 is 2.00 bits per heavy atom. The van der Waals surface area contributed by atoms with Crippen LogP contribution in [-0.4, -0.2) is 11.6 Å². The molecular formula is C9H5BrO2. The topological polar surface area (TPSA) is 34.1 Å². The molecule has 1 aliphatic carbocycles. The molecule has 0 radical (unpaired) electrons. The van der Waals surface area contributed by atoms with Crippen LogP contribution in [0, 0.1) is 0 Å². The van der Waals surface area contributed by atoms with Crippen LogP contribution in [-0.2, 0) is 11.2 Å². The number of ketones is 2. The number of halogens is 1. The van der Waals surface area contributed by atoms with Crippen molar-refractivity contribution in [2.24, 2.45) is 0 Å². The zero-order valence-corrected chi connectivity index (χ0v) is 7.72.